The van der Waals surface area contributed by atoms with Crippen molar-refractivity contribution in [2.75, 3.05) is 30.5 Å². The first-order valence-electron chi connectivity index (χ1n) is 7.48. The van der Waals surface area contributed by atoms with Crippen LogP contribution in [0, 0.1) is 0 Å². The van der Waals surface area contributed by atoms with Crippen LogP contribution in [0.25, 0.3) is 0 Å². The number of thioether (sulfide) groups is 1. The van der Waals surface area contributed by atoms with E-state index in [0.717, 1.165) is 35.0 Å². The summed E-state index contributed by atoms with van der Waals surface area (Å²) in [5.41, 5.74) is 1.61. The van der Waals surface area contributed by atoms with Gasteiger partial charge in [-0.05, 0) is 31.5 Å². The molecule has 0 aliphatic carbocycles. The number of rotatable bonds is 3. The molecule has 6 nitrogen and oxygen atoms in total. The molecule has 24 heavy (non-hydrogen) atoms. The van der Waals surface area contributed by atoms with Crippen LogP contribution in [0.2, 0.25) is 0 Å². The van der Waals surface area contributed by atoms with Gasteiger partial charge in [0.05, 0.1) is 5.69 Å². The van der Waals surface area contributed by atoms with Crippen LogP contribution in [0.15, 0.2) is 29.2 Å². The molecule has 3 rings (SSSR count). The van der Waals surface area contributed by atoms with Crippen LogP contribution in [-0.2, 0) is 22.6 Å². The van der Waals surface area contributed by atoms with Gasteiger partial charge >= 0.3 is 11.8 Å². The smallest absolute Gasteiger partial charge is 0.315 e. The second kappa shape index (κ2) is 7.33. The Labute approximate surface area is 148 Å². The van der Waals surface area contributed by atoms with Crippen LogP contribution >= 0.6 is 23.1 Å². The maximum atomic E-state index is 12.1. The molecule has 2 amide bonds. The van der Waals surface area contributed by atoms with E-state index in [-0.39, 0.29) is 0 Å². The van der Waals surface area contributed by atoms with E-state index < -0.39 is 11.8 Å². The van der Waals surface area contributed by atoms with Crippen LogP contribution in [0.4, 0.5) is 10.8 Å². The Balaban J connectivity index is 1.63. The molecule has 2 N–H and O–H groups in total. The highest BCUT2D eigenvalue weighted by Gasteiger charge is 2.21. The molecule has 0 saturated carbocycles. The molecular formula is C16H18N4O2S2. The van der Waals surface area contributed by atoms with E-state index in [0.29, 0.717) is 10.8 Å². The third kappa shape index (κ3) is 3.95. The summed E-state index contributed by atoms with van der Waals surface area (Å²) in [5.74, 6) is -1.40. The first kappa shape index (κ1) is 16.9. The summed E-state index contributed by atoms with van der Waals surface area (Å²) in [6.45, 7) is 1.78. The molecule has 126 valence electrons. The molecule has 2 aromatic rings. The Morgan fingerprint density at radius 3 is 2.88 bits per heavy atom. The highest BCUT2D eigenvalue weighted by Crippen LogP contribution is 2.27. The number of anilines is 2. The number of fused-ring (bicyclic) bond motifs is 1. The second-order valence-corrected chi connectivity index (χ2v) is 7.48. The minimum absolute atomic E-state index is 0.480. The van der Waals surface area contributed by atoms with E-state index in [1.54, 1.807) is 17.8 Å². The average molecular weight is 362 g/mol. The molecular weight excluding hydrogens is 344 g/mol. The van der Waals surface area contributed by atoms with Crippen molar-refractivity contribution < 1.29 is 9.59 Å². The number of carbonyl (C=O) groups excluding carboxylic acids is 2. The molecule has 0 atom stereocenters. The molecule has 0 radical (unpaired) electrons. The number of benzene rings is 1. The zero-order valence-electron chi connectivity index (χ0n) is 13.5. The molecule has 1 aliphatic rings. The molecule has 0 unspecified atom stereocenters. The molecule has 1 aromatic carbocycles. The van der Waals surface area contributed by atoms with Crippen LogP contribution in [-0.4, -0.2) is 41.5 Å². The van der Waals surface area contributed by atoms with E-state index >= 15 is 0 Å². The molecule has 0 fully saturated rings. The summed E-state index contributed by atoms with van der Waals surface area (Å²) in [6.07, 6.45) is 2.82. The van der Waals surface area contributed by atoms with Crippen LogP contribution in [0.1, 0.15) is 10.6 Å². The summed E-state index contributed by atoms with van der Waals surface area (Å²) >= 11 is 3.00. The molecule has 1 aliphatic heterocycles. The van der Waals surface area contributed by atoms with Gasteiger partial charge in [0.25, 0.3) is 0 Å². The van der Waals surface area contributed by atoms with Crippen LogP contribution in [0.3, 0.4) is 0 Å². The predicted octanol–water partition coefficient (Wildman–Crippen LogP) is 2.43. The fourth-order valence-electron chi connectivity index (χ4n) is 2.42. The zero-order chi connectivity index (χ0) is 17.1. The molecule has 0 saturated heterocycles. The number of amides is 2. The highest BCUT2D eigenvalue weighted by atomic mass is 32.2. The Morgan fingerprint density at radius 2 is 2.08 bits per heavy atom. The number of likely N-dealkylation sites (N-methyl/N-ethyl adjacent to an activating group) is 1. The monoisotopic (exact) mass is 362 g/mol. The van der Waals surface area contributed by atoms with Gasteiger partial charge in [0.2, 0.25) is 0 Å². The average Bonchev–Trinajstić information content (AvgIpc) is 2.96. The summed E-state index contributed by atoms with van der Waals surface area (Å²) in [4.78, 5) is 32.9. The number of carbonyl (C=O) groups is 2. The van der Waals surface area contributed by atoms with Gasteiger partial charge in [-0.15, -0.1) is 23.1 Å². The van der Waals surface area contributed by atoms with Crippen molar-refractivity contribution in [3.63, 3.8) is 0 Å². The lowest BCUT2D eigenvalue weighted by Gasteiger charge is -2.20. The minimum Gasteiger partial charge on any atom is -0.318 e. The third-order valence-electron chi connectivity index (χ3n) is 3.68. The van der Waals surface area contributed by atoms with Gasteiger partial charge in [-0.25, -0.2) is 4.98 Å². The Morgan fingerprint density at radius 1 is 1.29 bits per heavy atom. The van der Waals surface area contributed by atoms with Crippen molar-refractivity contribution in [3.8, 4) is 0 Å². The zero-order valence-corrected chi connectivity index (χ0v) is 15.1. The van der Waals surface area contributed by atoms with Crippen molar-refractivity contribution >= 4 is 45.7 Å². The number of nitrogens with one attached hydrogen (secondary N) is 2. The fourth-order valence-corrected chi connectivity index (χ4v) is 3.96. The van der Waals surface area contributed by atoms with E-state index in [4.69, 9.17) is 0 Å². The summed E-state index contributed by atoms with van der Waals surface area (Å²) in [7, 11) is 2.05. The first-order chi connectivity index (χ1) is 11.5. The molecule has 2 heterocycles. The van der Waals surface area contributed by atoms with Crippen molar-refractivity contribution in [2.45, 2.75) is 17.9 Å². The number of hydrogen-bond donors (Lipinski definition) is 2. The maximum Gasteiger partial charge on any atom is 0.315 e. The quantitative estimate of drug-likeness (QED) is 0.648. The van der Waals surface area contributed by atoms with E-state index in [1.807, 2.05) is 24.5 Å². The highest BCUT2D eigenvalue weighted by molar-refractivity contribution is 7.98. The van der Waals surface area contributed by atoms with Crippen molar-refractivity contribution in [1.29, 1.82) is 0 Å². The van der Waals surface area contributed by atoms with Gasteiger partial charge in [-0.2, -0.15) is 0 Å². The number of aromatic nitrogens is 1. The van der Waals surface area contributed by atoms with E-state index in [1.165, 1.54) is 11.3 Å². The van der Waals surface area contributed by atoms with Crippen molar-refractivity contribution in [2.24, 2.45) is 0 Å². The summed E-state index contributed by atoms with van der Waals surface area (Å²) in [5, 5.41) is 5.68. The van der Waals surface area contributed by atoms with Gasteiger partial charge in [-0.1, -0.05) is 6.07 Å². The Kier molecular flexibility index (Phi) is 5.17. The Bertz CT molecular complexity index is 775. The van der Waals surface area contributed by atoms with Gasteiger partial charge in [0, 0.05) is 35.0 Å². The van der Waals surface area contributed by atoms with Gasteiger partial charge in [-0.3, -0.25) is 14.9 Å². The molecule has 1 aromatic heterocycles. The normalized spacial score (nSPS) is 14.1. The van der Waals surface area contributed by atoms with E-state index in [2.05, 4.69) is 27.6 Å². The number of nitrogens with zero attached hydrogens (tertiary/aromatic N) is 2. The van der Waals surface area contributed by atoms with E-state index in [9.17, 15) is 9.59 Å². The standard InChI is InChI=1S/C16H18N4O2S2/c1-20-7-6-12-13(9-20)24-16(18-12)19-15(22)14(21)17-10-4-3-5-11(8-10)23-2/h3-5,8H,6-7,9H2,1-2H3,(H,17,21)(H,18,19,22). The van der Waals surface area contributed by atoms with Crippen LogP contribution in [0.5, 0.6) is 0 Å². The van der Waals surface area contributed by atoms with Gasteiger partial charge < -0.3 is 10.2 Å². The van der Waals surface area contributed by atoms with Crippen LogP contribution < -0.4 is 10.6 Å². The van der Waals surface area contributed by atoms with Crippen molar-refractivity contribution in [3.05, 3.63) is 34.8 Å². The SMILES string of the molecule is CSc1cccc(NC(=O)C(=O)Nc2nc3c(s2)CN(C)CC3)c1. The molecule has 8 heteroatoms. The lowest BCUT2D eigenvalue weighted by Crippen LogP contribution is -2.29. The predicted molar refractivity (Wildman–Crippen MR) is 97.6 cm³/mol. The van der Waals surface area contributed by atoms with Crippen molar-refractivity contribution in [1.82, 2.24) is 9.88 Å². The molecule has 0 bridgehead atoms. The fraction of sp³-hybridized carbons (Fsp3) is 0.312. The summed E-state index contributed by atoms with van der Waals surface area (Å²) < 4.78 is 0. The third-order valence-corrected chi connectivity index (χ3v) is 5.40. The lowest BCUT2D eigenvalue weighted by atomic mass is 10.2. The maximum absolute atomic E-state index is 12.1. The van der Waals surface area contributed by atoms with Gasteiger partial charge in [0.15, 0.2) is 5.13 Å². The number of hydrogen-bond acceptors (Lipinski definition) is 6. The lowest BCUT2D eigenvalue weighted by molar-refractivity contribution is -0.133. The van der Waals surface area contributed by atoms with Gasteiger partial charge in [0.1, 0.15) is 0 Å². The minimum atomic E-state index is -0.705. The molecule has 0 spiro atoms. The topological polar surface area (TPSA) is 74.3 Å². The Hall–Kier alpha value is -1.90. The number of thiazole rings is 1. The summed E-state index contributed by atoms with van der Waals surface area (Å²) in [6, 6.07) is 7.36. The first-order valence-corrected chi connectivity index (χ1v) is 9.53. The second-order valence-electron chi connectivity index (χ2n) is 5.52. The largest absolute Gasteiger partial charge is 0.318 e.